The molecule has 0 aromatic heterocycles. The predicted molar refractivity (Wildman–Crippen MR) is 42.8 cm³/mol. The van der Waals surface area contributed by atoms with Crippen LogP contribution in [0.25, 0.3) is 0 Å². The van der Waals surface area contributed by atoms with Crippen LogP contribution in [0.2, 0.25) is 0 Å². The van der Waals surface area contributed by atoms with Gasteiger partial charge in [-0.25, -0.2) is 4.79 Å². The van der Waals surface area contributed by atoms with Crippen molar-refractivity contribution in [2.24, 2.45) is 0 Å². The maximum absolute atomic E-state index is 10.8. The highest BCUT2D eigenvalue weighted by atomic mass is 16.5. The number of hydrogen-bond donors (Lipinski definition) is 0. The Labute approximate surface area is 66.5 Å². The van der Waals surface area contributed by atoms with E-state index in [2.05, 4.69) is 11.7 Å². The lowest BCUT2D eigenvalue weighted by Gasteiger charge is -1.91. The van der Waals surface area contributed by atoms with Crippen LogP contribution in [0.3, 0.4) is 0 Å². The van der Waals surface area contributed by atoms with Crippen LogP contribution in [0.5, 0.6) is 0 Å². The van der Waals surface area contributed by atoms with Crippen molar-refractivity contribution >= 4 is 5.97 Å². The van der Waals surface area contributed by atoms with Gasteiger partial charge in [0, 0.05) is 0 Å². The highest BCUT2D eigenvalue weighted by Crippen LogP contribution is 2.10. The van der Waals surface area contributed by atoms with Crippen molar-refractivity contribution in [3.8, 4) is 0 Å². The number of allylic oxidation sites excluding steroid dienone is 1. The van der Waals surface area contributed by atoms with Crippen molar-refractivity contribution in [1.29, 1.82) is 0 Å². The molecule has 0 spiro atoms. The minimum atomic E-state index is -0.221. The number of ether oxygens (including phenoxy) is 1. The van der Waals surface area contributed by atoms with E-state index in [-0.39, 0.29) is 5.97 Å². The maximum Gasteiger partial charge on any atom is 0.342 e. The zero-order chi connectivity index (χ0) is 8.10. The smallest absolute Gasteiger partial charge is 0.342 e. The largest absolute Gasteiger partial charge is 0.431 e. The zero-order valence-electron chi connectivity index (χ0n) is 6.67. The lowest BCUT2D eigenvalue weighted by atomic mass is 10.2. The Balaban J connectivity index is 2.39. The van der Waals surface area contributed by atoms with Crippen LogP contribution < -0.4 is 0 Å². The minimum absolute atomic E-state index is 0.221. The second-order valence-electron chi connectivity index (χ2n) is 2.51. The van der Waals surface area contributed by atoms with Gasteiger partial charge in [-0.1, -0.05) is 25.8 Å². The molecule has 0 aromatic carbocycles. The molecule has 1 heterocycles. The molecule has 2 nitrogen and oxygen atoms in total. The topological polar surface area (TPSA) is 26.3 Å². The Bertz CT molecular complexity index is 202. The molecule has 1 rings (SSSR count). The van der Waals surface area contributed by atoms with Gasteiger partial charge in [0.1, 0.15) is 0 Å². The van der Waals surface area contributed by atoms with Crippen molar-refractivity contribution in [2.45, 2.75) is 26.2 Å². The third kappa shape index (κ3) is 2.22. The molecule has 0 fully saturated rings. The van der Waals surface area contributed by atoms with E-state index in [0.717, 1.165) is 19.3 Å². The van der Waals surface area contributed by atoms with Gasteiger partial charge >= 0.3 is 5.97 Å². The molecule has 0 N–H and O–H groups in total. The number of hydrogen-bond acceptors (Lipinski definition) is 2. The first kappa shape index (κ1) is 8.05. The number of cyclic esters (lactones) is 1. The monoisotopic (exact) mass is 152 g/mol. The van der Waals surface area contributed by atoms with Crippen LogP contribution in [0.4, 0.5) is 0 Å². The second kappa shape index (κ2) is 3.96. The Hall–Kier alpha value is -1.05. The number of carbonyl (C=O) groups excluding carboxylic acids is 1. The van der Waals surface area contributed by atoms with Gasteiger partial charge in [-0.3, -0.25) is 0 Å². The van der Waals surface area contributed by atoms with Gasteiger partial charge in [-0.2, -0.15) is 0 Å². The van der Waals surface area contributed by atoms with Crippen LogP contribution in [0.15, 0.2) is 24.0 Å². The molecule has 0 aliphatic carbocycles. The van der Waals surface area contributed by atoms with E-state index in [0.29, 0.717) is 5.57 Å². The normalized spacial score (nSPS) is 19.4. The lowest BCUT2D eigenvalue weighted by molar-refractivity contribution is -0.132. The van der Waals surface area contributed by atoms with Crippen LogP contribution in [-0.2, 0) is 9.53 Å². The van der Waals surface area contributed by atoms with E-state index in [1.807, 2.05) is 6.08 Å². The zero-order valence-corrected chi connectivity index (χ0v) is 6.67. The molecule has 0 atom stereocenters. The van der Waals surface area contributed by atoms with Crippen molar-refractivity contribution in [2.75, 3.05) is 0 Å². The van der Waals surface area contributed by atoms with E-state index in [4.69, 9.17) is 0 Å². The van der Waals surface area contributed by atoms with Crippen LogP contribution in [0, 0.1) is 0 Å². The second-order valence-corrected chi connectivity index (χ2v) is 2.51. The fourth-order valence-electron chi connectivity index (χ4n) is 0.918. The summed E-state index contributed by atoms with van der Waals surface area (Å²) in [4.78, 5) is 10.8. The van der Waals surface area contributed by atoms with Crippen LogP contribution >= 0.6 is 0 Å². The Morgan fingerprint density at radius 2 is 2.45 bits per heavy atom. The van der Waals surface area contributed by atoms with Crippen LogP contribution in [0.1, 0.15) is 26.2 Å². The highest BCUT2D eigenvalue weighted by Gasteiger charge is 2.11. The van der Waals surface area contributed by atoms with Gasteiger partial charge < -0.3 is 4.74 Å². The summed E-state index contributed by atoms with van der Waals surface area (Å²) in [7, 11) is 0. The Morgan fingerprint density at radius 3 is 3.00 bits per heavy atom. The molecule has 0 bridgehead atoms. The molecular formula is C9H12O2. The first-order valence-electron chi connectivity index (χ1n) is 3.92. The fourth-order valence-corrected chi connectivity index (χ4v) is 0.918. The third-order valence-electron chi connectivity index (χ3n) is 1.58. The summed E-state index contributed by atoms with van der Waals surface area (Å²) in [6.07, 6.45) is 8.31. The number of unbranched alkanes of at least 4 members (excludes halogenated alkanes) is 2. The SMILES string of the molecule is CCCCC=C1C=COC1=O. The summed E-state index contributed by atoms with van der Waals surface area (Å²) in [5.41, 5.74) is 0.693. The Kier molecular flexibility index (Phi) is 2.90. The van der Waals surface area contributed by atoms with Gasteiger partial charge in [0.15, 0.2) is 0 Å². The lowest BCUT2D eigenvalue weighted by Crippen LogP contribution is -1.94. The molecule has 2 heteroatoms. The molecule has 60 valence electrons. The summed E-state index contributed by atoms with van der Waals surface area (Å²) in [6.45, 7) is 2.13. The van der Waals surface area contributed by atoms with E-state index in [1.165, 1.54) is 6.26 Å². The van der Waals surface area contributed by atoms with Gasteiger partial charge in [0.25, 0.3) is 0 Å². The predicted octanol–water partition coefficient (Wildman–Crippen LogP) is 2.17. The molecule has 0 amide bonds. The summed E-state index contributed by atoms with van der Waals surface area (Å²) in [5.74, 6) is -0.221. The summed E-state index contributed by atoms with van der Waals surface area (Å²) in [6, 6.07) is 0. The van der Waals surface area contributed by atoms with Crippen molar-refractivity contribution < 1.29 is 9.53 Å². The van der Waals surface area contributed by atoms with E-state index in [9.17, 15) is 4.79 Å². The summed E-state index contributed by atoms with van der Waals surface area (Å²) < 4.78 is 4.61. The molecule has 0 unspecified atom stereocenters. The molecule has 0 aromatic rings. The van der Waals surface area contributed by atoms with Gasteiger partial charge in [-0.05, 0) is 12.5 Å². The first-order valence-corrected chi connectivity index (χ1v) is 3.92. The van der Waals surface area contributed by atoms with Gasteiger partial charge in [0.2, 0.25) is 0 Å². The number of carbonyl (C=O) groups is 1. The third-order valence-corrected chi connectivity index (χ3v) is 1.58. The molecule has 1 aliphatic heterocycles. The van der Waals surface area contributed by atoms with E-state index in [1.54, 1.807) is 6.08 Å². The standard InChI is InChI=1S/C9H12O2/c1-2-3-4-5-8-6-7-11-9(8)10/h5-7H,2-4H2,1H3. The quantitative estimate of drug-likeness (QED) is 0.352. The average Bonchev–Trinajstić information content (AvgIpc) is 2.37. The van der Waals surface area contributed by atoms with E-state index < -0.39 is 0 Å². The van der Waals surface area contributed by atoms with Crippen molar-refractivity contribution in [3.05, 3.63) is 24.0 Å². The number of esters is 1. The molecule has 1 aliphatic rings. The van der Waals surface area contributed by atoms with Crippen LogP contribution in [-0.4, -0.2) is 5.97 Å². The molecule has 11 heavy (non-hydrogen) atoms. The van der Waals surface area contributed by atoms with Crippen molar-refractivity contribution in [3.63, 3.8) is 0 Å². The van der Waals surface area contributed by atoms with Crippen molar-refractivity contribution in [1.82, 2.24) is 0 Å². The van der Waals surface area contributed by atoms with E-state index >= 15 is 0 Å². The fraction of sp³-hybridized carbons (Fsp3) is 0.444. The first-order chi connectivity index (χ1) is 5.34. The highest BCUT2D eigenvalue weighted by molar-refractivity contribution is 5.94. The maximum atomic E-state index is 10.8. The molecule has 0 radical (unpaired) electrons. The summed E-state index contributed by atoms with van der Waals surface area (Å²) in [5, 5.41) is 0. The Morgan fingerprint density at radius 1 is 1.64 bits per heavy atom. The average molecular weight is 152 g/mol. The number of rotatable bonds is 3. The molecule has 0 saturated carbocycles. The minimum Gasteiger partial charge on any atom is -0.431 e. The molecule has 0 saturated heterocycles. The van der Waals surface area contributed by atoms with Gasteiger partial charge in [-0.15, -0.1) is 0 Å². The molecular weight excluding hydrogens is 140 g/mol. The van der Waals surface area contributed by atoms with Gasteiger partial charge in [0.05, 0.1) is 11.8 Å². The summed E-state index contributed by atoms with van der Waals surface area (Å²) >= 11 is 0.